The Balaban J connectivity index is 4.22. The topological polar surface area (TPSA) is 108 Å². The van der Waals surface area contributed by atoms with Crippen LogP contribution in [0.15, 0.2) is 24.3 Å². The van der Waals surface area contributed by atoms with Gasteiger partial charge in [-0.15, -0.1) is 0 Å². The lowest BCUT2D eigenvalue weighted by Gasteiger charge is -2.25. The van der Waals surface area contributed by atoms with E-state index in [1.165, 1.54) is 167 Å². The average Bonchev–Trinajstić information content (AvgIpc) is 3.23. The summed E-state index contributed by atoms with van der Waals surface area (Å²) in [5, 5.41) is 9.66. The van der Waals surface area contributed by atoms with Crippen LogP contribution in [0.2, 0.25) is 0 Å². The maximum absolute atomic E-state index is 12.8. The zero-order valence-corrected chi connectivity index (χ0v) is 41.3. The first-order valence-corrected chi connectivity index (χ1v) is 26.0. The first kappa shape index (κ1) is 59.8. The summed E-state index contributed by atoms with van der Waals surface area (Å²) in [6.07, 6.45) is 48.2. The van der Waals surface area contributed by atoms with E-state index in [-0.39, 0.29) is 32.2 Å². The molecule has 62 heavy (non-hydrogen) atoms. The Morgan fingerprint density at radius 2 is 0.871 bits per heavy atom. The molecule has 2 unspecified atom stereocenters. The van der Waals surface area contributed by atoms with Crippen molar-refractivity contribution in [2.75, 3.05) is 47.5 Å². The van der Waals surface area contributed by atoms with Crippen molar-refractivity contribution in [3.8, 4) is 0 Å². The van der Waals surface area contributed by atoms with Gasteiger partial charge in [0, 0.05) is 12.8 Å². The molecule has 0 aliphatic rings. The predicted molar refractivity (Wildman–Crippen MR) is 258 cm³/mol. The highest BCUT2D eigenvalue weighted by Crippen LogP contribution is 2.16. The number of ether oxygens (including phenoxy) is 4. The molecular formula is C53H100NO8+. The van der Waals surface area contributed by atoms with Gasteiger partial charge in [0.2, 0.25) is 0 Å². The van der Waals surface area contributed by atoms with Gasteiger partial charge in [0.15, 0.2) is 6.10 Å². The van der Waals surface area contributed by atoms with Gasteiger partial charge < -0.3 is 28.5 Å². The van der Waals surface area contributed by atoms with Crippen LogP contribution < -0.4 is 0 Å². The molecule has 0 amide bonds. The molecule has 0 aromatic heterocycles. The van der Waals surface area contributed by atoms with E-state index in [4.69, 9.17) is 18.9 Å². The smallest absolute Gasteiger partial charge is 0.361 e. The molecule has 0 spiro atoms. The van der Waals surface area contributed by atoms with E-state index in [0.717, 1.165) is 44.9 Å². The SMILES string of the molecule is CCCCCCC/C=C\C/C=C\CCCCCCCCCCCCCCCC(=O)OC(COC(=O)CCCCCCCCCCCCCC)COC(OCC[N+](C)(C)C)C(=O)O. The van der Waals surface area contributed by atoms with E-state index in [1.54, 1.807) is 0 Å². The van der Waals surface area contributed by atoms with E-state index >= 15 is 0 Å². The van der Waals surface area contributed by atoms with Crippen molar-refractivity contribution >= 4 is 17.9 Å². The number of quaternary nitrogens is 1. The van der Waals surface area contributed by atoms with Crippen molar-refractivity contribution in [3.05, 3.63) is 24.3 Å². The number of carboxylic acid groups (broad SMARTS) is 1. The Hall–Kier alpha value is -2.23. The number of hydrogen-bond donors (Lipinski definition) is 1. The van der Waals surface area contributed by atoms with Crippen LogP contribution in [0.4, 0.5) is 0 Å². The molecule has 0 saturated heterocycles. The van der Waals surface area contributed by atoms with Crippen molar-refractivity contribution in [1.82, 2.24) is 0 Å². The number of likely N-dealkylation sites (N-methyl/N-ethyl adjacent to an activating group) is 1. The Labute approximate surface area is 382 Å². The lowest BCUT2D eigenvalue weighted by atomic mass is 10.0. The summed E-state index contributed by atoms with van der Waals surface area (Å²) in [6, 6.07) is 0. The highest BCUT2D eigenvalue weighted by molar-refractivity contribution is 5.71. The summed E-state index contributed by atoms with van der Waals surface area (Å²) in [5.41, 5.74) is 0. The van der Waals surface area contributed by atoms with Gasteiger partial charge >= 0.3 is 17.9 Å². The standard InChI is InChI=1S/C53H99NO8/c1-6-8-10-12-14-16-18-20-21-22-23-24-25-26-27-28-29-30-31-32-34-36-38-40-42-44-51(56)62-49(48-61-53(52(57)58)59-46-45-54(3,4)5)47-60-50(55)43-41-39-37-35-33-19-17-15-13-11-9-7-2/h18,20,22-23,49,53H,6-17,19,21,24-48H2,1-5H3/p+1/b20-18-,23-22-. The molecule has 0 aliphatic carbocycles. The molecule has 9 nitrogen and oxygen atoms in total. The van der Waals surface area contributed by atoms with Gasteiger partial charge in [0.05, 0.1) is 34.4 Å². The van der Waals surface area contributed by atoms with Crippen molar-refractivity contribution in [2.45, 2.75) is 251 Å². The van der Waals surface area contributed by atoms with E-state index in [9.17, 15) is 19.5 Å². The average molecular weight is 879 g/mol. The van der Waals surface area contributed by atoms with E-state index < -0.39 is 24.3 Å². The Bertz CT molecular complexity index is 1070. The number of allylic oxidation sites excluding steroid dienone is 4. The zero-order valence-electron chi connectivity index (χ0n) is 41.3. The van der Waals surface area contributed by atoms with Gasteiger partial charge in [-0.2, -0.15) is 0 Å². The quantitative estimate of drug-likeness (QED) is 0.0212. The molecule has 0 fully saturated rings. The van der Waals surface area contributed by atoms with Crippen LogP contribution >= 0.6 is 0 Å². The minimum absolute atomic E-state index is 0.177. The van der Waals surface area contributed by atoms with Gasteiger partial charge in [-0.1, -0.05) is 205 Å². The predicted octanol–water partition coefficient (Wildman–Crippen LogP) is 14.4. The van der Waals surface area contributed by atoms with Crippen LogP contribution in [0, 0.1) is 0 Å². The van der Waals surface area contributed by atoms with Crippen LogP contribution in [-0.4, -0.2) is 87.4 Å². The van der Waals surface area contributed by atoms with Crippen LogP contribution in [0.25, 0.3) is 0 Å². The van der Waals surface area contributed by atoms with Crippen LogP contribution in [0.5, 0.6) is 0 Å². The van der Waals surface area contributed by atoms with E-state index in [0.29, 0.717) is 17.4 Å². The molecule has 2 atom stereocenters. The molecule has 0 aromatic rings. The lowest BCUT2D eigenvalue weighted by molar-refractivity contribution is -0.870. The number of carbonyl (C=O) groups is 3. The molecule has 1 N–H and O–H groups in total. The molecule has 0 heterocycles. The Morgan fingerprint density at radius 1 is 0.484 bits per heavy atom. The fourth-order valence-corrected chi connectivity index (χ4v) is 7.40. The zero-order chi connectivity index (χ0) is 45.6. The normalized spacial score (nSPS) is 13.0. The van der Waals surface area contributed by atoms with Gasteiger partial charge in [0.25, 0.3) is 6.29 Å². The largest absolute Gasteiger partial charge is 0.477 e. The molecule has 0 radical (unpaired) electrons. The number of esters is 2. The van der Waals surface area contributed by atoms with Crippen molar-refractivity contribution in [2.24, 2.45) is 0 Å². The maximum Gasteiger partial charge on any atom is 0.361 e. The molecule has 0 aromatic carbocycles. The van der Waals surface area contributed by atoms with E-state index in [1.807, 2.05) is 21.1 Å². The van der Waals surface area contributed by atoms with E-state index in [2.05, 4.69) is 38.2 Å². The molecule has 0 saturated carbocycles. The van der Waals surface area contributed by atoms with Crippen LogP contribution in [0.1, 0.15) is 239 Å². The monoisotopic (exact) mass is 879 g/mol. The molecule has 0 aliphatic heterocycles. The summed E-state index contributed by atoms with van der Waals surface area (Å²) >= 11 is 0. The van der Waals surface area contributed by atoms with Gasteiger partial charge in [-0.05, 0) is 44.9 Å². The summed E-state index contributed by atoms with van der Waals surface area (Å²) in [6.45, 7) is 4.88. The third-order valence-electron chi connectivity index (χ3n) is 11.5. The summed E-state index contributed by atoms with van der Waals surface area (Å²) in [5.74, 6) is -1.99. The lowest BCUT2D eigenvalue weighted by Crippen LogP contribution is -2.40. The molecule has 0 bridgehead atoms. The minimum Gasteiger partial charge on any atom is -0.477 e. The number of nitrogens with zero attached hydrogens (tertiary/aromatic N) is 1. The number of carboxylic acids is 1. The van der Waals surface area contributed by atoms with Crippen molar-refractivity contribution in [3.63, 3.8) is 0 Å². The van der Waals surface area contributed by atoms with Gasteiger partial charge in [-0.25, -0.2) is 4.79 Å². The van der Waals surface area contributed by atoms with Gasteiger partial charge in [0.1, 0.15) is 13.2 Å². The minimum atomic E-state index is -1.51. The molecule has 364 valence electrons. The third kappa shape index (κ3) is 45.8. The first-order chi connectivity index (χ1) is 30.1. The highest BCUT2D eigenvalue weighted by atomic mass is 16.7. The number of unbranched alkanes of at least 4 members (excludes halogenated alkanes) is 29. The maximum atomic E-state index is 12.8. The summed E-state index contributed by atoms with van der Waals surface area (Å²) in [4.78, 5) is 37.2. The Kier molecular flexibility index (Phi) is 43.7. The third-order valence-corrected chi connectivity index (χ3v) is 11.5. The fraction of sp³-hybridized carbons (Fsp3) is 0.868. The molecule has 9 heteroatoms. The number of hydrogen-bond acceptors (Lipinski definition) is 7. The first-order valence-electron chi connectivity index (χ1n) is 26.0. The van der Waals surface area contributed by atoms with Crippen molar-refractivity contribution in [1.29, 1.82) is 0 Å². The second-order valence-electron chi connectivity index (χ2n) is 18.8. The Morgan fingerprint density at radius 3 is 1.27 bits per heavy atom. The second-order valence-corrected chi connectivity index (χ2v) is 18.8. The van der Waals surface area contributed by atoms with Crippen molar-refractivity contribution < 1.29 is 42.9 Å². The van der Waals surface area contributed by atoms with Crippen LogP contribution in [0.3, 0.4) is 0 Å². The summed E-state index contributed by atoms with van der Waals surface area (Å²) in [7, 11) is 5.97. The molecular weight excluding hydrogens is 779 g/mol. The second kappa shape index (κ2) is 45.3. The fourth-order valence-electron chi connectivity index (χ4n) is 7.40. The molecule has 0 rings (SSSR count). The number of rotatable bonds is 48. The highest BCUT2D eigenvalue weighted by Gasteiger charge is 2.25. The van der Waals surface area contributed by atoms with Gasteiger partial charge in [-0.3, -0.25) is 9.59 Å². The number of aliphatic carboxylic acids is 1. The summed E-state index contributed by atoms with van der Waals surface area (Å²) < 4.78 is 22.8. The van der Waals surface area contributed by atoms with Crippen LogP contribution in [-0.2, 0) is 33.3 Å². The number of carbonyl (C=O) groups excluding carboxylic acids is 2.